The second-order valence-electron chi connectivity index (χ2n) is 7.71. The van der Waals surface area contributed by atoms with Crippen LogP contribution >= 0.6 is 0 Å². The van der Waals surface area contributed by atoms with Crippen LogP contribution in [0.15, 0.2) is 36.5 Å². The number of phenols is 1. The Bertz CT molecular complexity index is 1050. The van der Waals surface area contributed by atoms with Crippen LogP contribution in [0.1, 0.15) is 12.8 Å². The van der Waals surface area contributed by atoms with Crippen LogP contribution in [0.2, 0.25) is 0 Å². The maximum atomic E-state index is 12.4. The van der Waals surface area contributed by atoms with Crippen LogP contribution in [-0.4, -0.2) is 71.7 Å². The Morgan fingerprint density at radius 2 is 2.27 bits per heavy atom. The lowest BCUT2D eigenvalue weighted by Crippen LogP contribution is -2.34. The predicted molar refractivity (Wildman–Crippen MR) is 118 cm³/mol. The van der Waals surface area contributed by atoms with Gasteiger partial charge < -0.3 is 20.1 Å². The summed E-state index contributed by atoms with van der Waals surface area (Å²) in [5.74, 6) is 1.14. The number of anilines is 1. The van der Waals surface area contributed by atoms with Crippen molar-refractivity contribution in [3.8, 4) is 17.0 Å². The topological polar surface area (TPSA) is 92.0 Å². The van der Waals surface area contributed by atoms with Gasteiger partial charge in [-0.1, -0.05) is 12.1 Å². The molecule has 1 atom stereocenters. The number of nitrogens with zero attached hydrogens (tertiary/aromatic N) is 4. The van der Waals surface area contributed by atoms with Crippen LogP contribution in [0.3, 0.4) is 0 Å². The lowest BCUT2D eigenvalue weighted by molar-refractivity contribution is -0.134. The molecule has 2 N–H and O–H groups in total. The van der Waals surface area contributed by atoms with Gasteiger partial charge >= 0.3 is 0 Å². The van der Waals surface area contributed by atoms with Crippen molar-refractivity contribution in [3.63, 3.8) is 0 Å². The van der Waals surface area contributed by atoms with Gasteiger partial charge in [0.05, 0.1) is 18.2 Å². The Morgan fingerprint density at radius 1 is 1.43 bits per heavy atom. The molecule has 1 aliphatic heterocycles. The molecule has 9 heteroatoms. The van der Waals surface area contributed by atoms with E-state index in [2.05, 4.69) is 15.4 Å². The first-order valence-corrected chi connectivity index (χ1v) is 10.2. The Balaban J connectivity index is 1.46. The second kappa shape index (κ2) is 8.75. The fourth-order valence-corrected chi connectivity index (χ4v) is 3.71. The number of para-hydroxylation sites is 1. The number of aromatic nitrogens is 3. The number of rotatable bonds is 7. The molecular formula is C21H26BN5O3. The number of amides is 1. The van der Waals surface area contributed by atoms with Crippen molar-refractivity contribution >= 4 is 30.7 Å². The Kier molecular flexibility index (Phi) is 5.90. The van der Waals surface area contributed by atoms with E-state index in [-0.39, 0.29) is 17.6 Å². The van der Waals surface area contributed by atoms with E-state index in [9.17, 15) is 9.90 Å². The van der Waals surface area contributed by atoms with Crippen LogP contribution < -0.4 is 10.8 Å². The van der Waals surface area contributed by atoms with E-state index < -0.39 is 0 Å². The summed E-state index contributed by atoms with van der Waals surface area (Å²) in [7, 11) is 3.81. The molecule has 0 bridgehead atoms. The third-order valence-electron chi connectivity index (χ3n) is 5.46. The molecule has 3 heterocycles. The maximum Gasteiger partial charge on any atom is 0.227 e. The van der Waals surface area contributed by atoms with E-state index in [0.717, 1.165) is 29.8 Å². The molecule has 0 saturated carbocycles. The Morgan fingerprint density at radius 3 is 3.03 bits per heavy atom. The van der Waals surface area contributed by atoms with Gasteiger partial charge in [0.25, 0.3) is 0 Å². The number of nitrogens with one attached hydrogen (secondary N) is 1. The van der Waals surface area contributed by atoms with Gasteiger partial charge in [0, 0.05) is 44.6 Å². The van der Waals surface area contributed by atoms with Gasteiger partial charge in [0.15, 0.2) is 5.65 Å². The number of fused-ring (bicyclic) bond motifs is 1. The van der Waals surface area contributed by atoms with Crippen molar-refractivity contribution in [2.75, 3.05) is 38.7 Å². The zero-order chi connectivity index (χ0) is 21.1. The summed E-state index contributed by atoms with van der Waals surface area (Å²) >= 11 is 0. The average molecular weight is 407 g/mol. The number of benzene rings is 1. The summed E-state index contributed by atoms with van der Waals surface area (Å²) in [6, 6.07) is 9.05. The van der Waals surface area contributed by atoms with Crippen molar-refractivity contribution in [3.05, 3.63) is 36.5 Å². The highest BCUT2D eigenvalue weighted by Crippen LogP contribution is 2.29. The van der Waals surface area contributed by atoms with Crippen LogP contribution in [0.25, 0.3) is 16.9 Å². The zero-order valence-electron chi connectivity index (χ0n) is 17.3. The quantitative estimate of drug-likeness (QED) is 0.442. The fourth-order valence-electron chi connectivity index (χ4n) is 3.71. The Hall–Kier alpha value is -3.07. The first kappa shape index (κ1) is 20.2. The summed E-state index contributed by atoms with van der Waals surface area (Å²) < 4.78 is 7.08. The first-order chi connectivity index (χ1) is 14.5. The van der Waals surface area contributed by atoms with E-state index in [1.54, 1.807) is 27.7 Å². The van der Waals surface area contributed by atoms with Gasteiger partial charge in [0.2, 0.25) is 5.91 Å². The number of carbonyl (C=O) groups excluding carboxylic acids is 1. The number of hydrogen-bond acceptors (Lipinski definition) is 6. The summed E-state index contributed by atoms with van der Waals surface area (Å²) in [4.78, 5) is 18.9. The van der Waals surface area contributed by atoms with Gasteiger partial charge in [0.1, 0.15) is 19.4 Å². The third kappa shape index (κ3) is 4.11. The Labute approximate surface area is 176 Å². The molecule has 4 rings (SSSR count). The highest BCUT2D eigenvalue weighted by Gasteiger charge is 2.25. The highest BCUT2D eigenvalue weighted by molar-refractivity contribution is 6.36. The fraction of sp³-hybridized carbons (Fsp3) is 0.381. The average Bonchev–Trinajstić information content (AvgIpc) is 3.41. The smallest absolute Gasteiger partial charge is 0.227 e. The molecular weight excluding hydrogens is 381 g/mol. The molecule has 1 aliphatic rings. The third-order valence-corrected chi connectivity index (χ3v) is 5.46. The van der Waals surface area contributed by atoms with Crippen molar-refractivity contribution in [1.82, 2.24) is 19.5 Å². The number of aromatic hydroxyl groups is 1. The minimum absolute atomic E-state index is 0.00376. The first-order valence-electron chi connectivity index (χ1n) is 10.2. The van der Waals surface area contributed by atoms with Crippen LogP contribution in [0.5, 0.6) is 5.75 Å². The van der Waals surface area contributed by atoms with Crippen molar-refractivity contribution in [2.24, 2.45) is 5.92 Å². The predicted octanol–water partition coefficient (Wildman–Crippen LogP) is 0.657. The van der Waals surface area contributed by atoms with Gasteiger partial charge in [-0.05, 0) is 30.4 Å². The largest absolute Gasteiger partial charge is 0.507 e. The van der Waals surface area contributed by atoms with Gasteiger partial charge in [-0.25, -0.2) is 4.98 Å². The second-order valence-corrected chi connectivity index (χ2v) is 7.71. The normalized spacial score (nSPS) is 16.1. The highest BCUT2D eigenvalue weighted by atomic mass is 16.5. The minimum atomic E-state index is -0.00376. The molecule has 3 aromatic rings. The summed E-state index contributed by atoms with van der Waals surface area (Å²) in [6.07, 6.45) is 3.38. The molecule has 8 nitrogen and oxygen atoms in total. The number of hydrogen-bond donors (Lipinski definition) is 2. The van der Waals surface area contributed by atoms with Crippen LogP contribution in [0.4, 0.5) is 5.82 Å². The van der Waals surface area contributed by atoms with Gasteiger partial charge in [-0.3, -0.25) is 4.79 Å². The molecule has 0 aliphatic carbocycles. The van der Waals surface area contributed by atoms with E-state index in [1.165, 1.54) is 0 Å². The van der Waals surface area contributed by atoms with Crippen molar-refractivity contribution in [2.45, 2.75) is 12.8 Å². The molecule has 1 saturated heterocycles. The number of ether oxygens (including phenoxy) is 1. The molecule has 156 valence electrons. The standard InChI is InChI=1S/C21H26BN5O3/c1-26(21(29)14-7-10-30-13-14)9-4-8-23-19-11-17(15-5-2-3-6-18(15)28)25-20-16(22)12-24-27(19)20/h2-3,5-6,11-12,14,23,28H,4,7-10,13,22H2,1H3. The van der Waals surface area contributed by atoms with Gasteiger partial charge in [-0.15, -0.1) is 0 Å². The van der Waals surface area contributed by atoms with Crippen LogP contribution in [0, 0.1) is 5.92 Å². The van der Waals surface area contributed by atoms with E-state index in [1.807, 2.05) is 33.1 Å². The maximum absolute atomic E-state index is 12.4. The molecule has 1 amide bonds. The summed E-state index contributed by atoms with van der Waals surface area (Å²) in [5, 5.41) is 18.1. The SMILES string of the molecule is Bc1cnn2c(NCCCN(C)C(=O)C3CCOC3)cc(-c3ccccc3O)nc12. The molecule has 30 heavy (non-hydrogen) atoms. The van der Waals surface area contributed by atoms with E-state index in [4.69, 9.17) is 4.74 Å². The number of phenolic OH excluding ortho intramolecular Hbond substituents is 1. The lowest BCUT2D eigenvalue weighted by atomic mass is 10.0. The molecule has 2 aromatic heterocycles. The summed E-state index contributed by atoms with van der Waals surface area (Å²) in [5.41, 5.74) is 3.05. The summed E-state index contributed by atoms with van der Waals surface area (Å²) in [6.45, 7) is 2.55. The molecule has 0 spiro atoms. The van der Waals surface area contributed by atoms with E-state index >= 15 is 0 Å². The van der Waals surface area contributed by atoms with Crippen molar-refractivity contribution < 1.29 is 14.6 Å². The molecule has 0 radical (unpaired) electrons. The lowest BCUT2D eigenvalue weighted by Gasteiger charge is -2.20. The number of carbonyl (C=O) groups is 1. The molecule has 1 fully saturated rings. The zero-order valence-corrected chi connectivity index (χ0v) is 17.3. The molecule has 1 aromatic carbocycles. The monoisotopic (exact) mass is 407 g/mol. The minimum Gasteiger partial charge on any atom is -0.507 e. The molecule has 1 unspecified atom stereocenters. The van der Waals surface area contributed by atoms with Gasteiger partial charge in [-0.2, -0.15) is 9.61 Å². The van der Waals surface area contributed by atoms with Crippen molar-refractivity contribution in [1.29, 1.82) is 0 Å². The van der Waals surface area contributed by atoms with Crippen LogP contribution in [-0.2, 0) is 9.53 Å². The van der Waals surface area contributed by atoms with E-state index in [0.29, 0.717) is 37.6 Å².